The van der Waals surface area contributed by atoms with E-state index in [2.05, 4.69) is 55.3 Å². The van der Waals surface area contributed by atoms with Crippen molar-refractivity contribution in [3.63, 3.8) is 0 Å². The van der Waals surface area contributed by atoms with Crippen LogP contribution >= 0.6 is 0 Å². The smallest absolute Gasteiger partial charge is 0.0898 e. The average Bonchev–Trinajstić information content (AvgIpc) is 2.09. The summed E-state index contributed by atoms with van der Waals surface area (Å²) in [6.45, 7) is 19.6. The van der Waals surface area contributed by atoms with Gasteiger partial charge in [0, 0.05) is 0 Å². The molecule has 0 heterocycles. The number of rotatable bonds is 8. The highest BCUT2D eigenvalue weighted by Gasteiger charge is 2.45. The Bertz CT molecular complexity index is 288. The van der Waals surface area contributed by atoms with Gasteiger partial charge >= 0.3 is 0 Å². The third-order valence-corrected chi connectivity index (χ3v) is 5.94. The third-order valence-electron chi connectivity index (χ3n) is 5.94. The lowest BCUT2D eigenvalue weighted by atomic mass is 9.34. The molecule has 0 N–H and O–H groups in total. The molecule has 0 aromatic rings. The van der Waals surface area contributed by atoms with Crippen molar-refractivity contribution in [3.05, 3.63) is 0 Å². The van der Waals surface area contributed by atoms with Gasteiger partial charge in [-0.15, -0.1) is 0 Å². The summed E-state index contributed by atoms with van der Waals surface area (Å²) in [4.78, 5) is 0. The average molecular weight is 276 g/mol. The molecular formula is C18H38B2. The molecular weight excluding hydrogens is 238 g/mol. The molecule has 0 aromatic heterocycles. The molecule has 0 aromatic carbocycles. The van der Waals surface area contributed by atoms with E-state index in [0.717, 1.165) is 23.6 Å². The zero-order chi connectivity index (χ0) is 15.6. The third kappa shape index (κ3) is 4.85. The molecule has 1 aliphatic rings. The summed E-state index contributed by atoms with van der Waals surface area (Å²) in [7, 11) is 2.74. The summed E-state index contributed by atoms with van der Waals surface area (Å²) in [5.74, 6) is 3.67. The molecule has 1 rings (SSSR count). The van der Waals surface area contributed by atoms with Gasteiger partial charge in [0.25, 0.3) is 0 Å². The SMILES string of the molecule is CBBC(C)CC(C)(C)C1CC(C(C)(C)CC(C)C)C1. The highest BCUT2D eigenvalue weighted by molar-refractivity contribution is 7.00. The lowest BCUT2D eigenvalue weighted by Crippen LogP contribution is -2.43. The lowest BCUT2D eigenvalue weighted by Gasteiger charge is -2.52. The molecule has 1 aliphatic carbocycles. The van der Waals surface area contributed by atoms with Crippen molar-refractivity contribution in [3.8, 4) is 0 Å². The Morgan fingerprint density at radius 3 is 1.75 bits per heavy atom. The van der Waals surface area contributed by atoms with Gasteiger partial charge in [-0.1, -0.05) is 67.5 Å². The van der Waals surface area contributed by atoms with Gasteiger partial charge in [0.2, 0.25) is 0 Å². The Balaban J connectivity index is 2.46. The van der Waals surface area contributed by atoms with Crippen LogP contribution in [0.3, 0.4) is 0 Å². The predicted molar refractivity (Wildman–Crippen MR) is 97.4 cm³/mol. The molecule has 0 amide bonds. The van der Waals surface area contributed by atoms with Crippen molar-refractivity contribution in [1.29, 1.82) is 0 Å². The molecule has 0 spiro atoms. The second kappa shape index (κ2) is 6.93. The maximum atomic E-state index is 2.52. The minimum atomic E-state index is 0.551. The van der Waals surface area contributed by atoms with Crippen molar-refractivity contribution in [1.82, 2.24) is 0 Å². The van der Waals surface area contributed by atoms with E-state index in [1.54, 1.807) is 0 Å². The molecule has 2 heteroatoms. The van der Waals surface area contributed by atoms with Crippen LogP contribution in [0.15, 0.2) is 0 Å². The van der Waals surface area contributed by atoms with Crippen molar-refractivity contribution in [2.75, 3.05) is 0 Å². The summed E-state index contributed by atoms with van der Waals surface area (Å²) in [6.07, 6.45) is 5.76. The van der Waals surface area contributed by atoms with Crippen LogP contribution in [0.25, 0.3) is 0 Å². The summed E-state index contributed by atoms with van der Waals surface area (Å²) < 4.78 is 0. The van der Waals surface area contributed by atoms with Crippen LogP contribution in [0.2, 0.25) is 12.6 Å². The van der Waals surface area contributed by atoms with Crippen molar-refractivity contribution in [2.45, 2.75) is 86.8 Å². The standard InChI is InChI=1S/C18H38B2/c1-13(2)11-17(4,5)15-9-16(10-15)18(6,7)12-14(3)20-19-8/h13-16,19-20H,9-12H2,1-8H3. The Kier molecular flexibility index (Phi) is 6.30. The van der Waals surface area contributed by atoms with Crippen LogP contribution in [0.4, 0.5) is 0 Å². The van der Waals surface area contributed by atoms with Gasteiger partial charge in [-0.3, -0.25) is 0 Å². The Hall–Kier alpha value is 0.130. The first-order chi connectivity index (χ1) is 9.08. The lowest BCUT2D eigenvalue weighted by molar-refractivity contribution is -0.0175. The fourth-order valence-electron chi connectivity index (χ4n) is 4.77. The number of hydrogen-bond acceptors (Lipinski definition) is 0. The van der Waals surface area contributed by atoms with E-state index in [4.69, 9.17) is 0 Å². The van der Waals surface area contributed by atoms with Gasteiger partial charge in [0.05, 0.1) is 14.3 Å². The highest BCUT2D eigenvalue weighted by Crippen LogP contribution is 2.55. The molecule has 20 heavy (non-hydrogen) atoms. The topological polar surface area (TPSA) is 0 Å². The van der Waals surface area contributed by atoms with Crippen molar-refractivity contribution >= 4 is 14.3 Å². The van der Waals surface area contributed by atoms with E-state index >= 15 is 0 Å². The van der Waals surface area contributed by atoms with Gasteiger partial charge in [0.1, 0.15) is 0 Å². The Morgan fingerprint density at radius 1 is 0.900 bits per heavy atom. The van der Waals surface area contributed by atoms with Crippen LogP contribution in [-0.4, -0.2) is 14.3 Å². The van der Waals surface area contributed by atoms with E-state index in [-0.39, 0.29) is 0 Å². The van der Waals surface area contributed by atoms with Crippen molar-refractivity contribution in [2.24, 2.45) is 28.6 Å². The van der Waals surface area contributed by atoms with Crippen molar-refractivity contribution < 1.29 is 0 Å². The van der Waals surface area contributed by atoms with Crippen LogP contribution in [0.5, 0.6) is 0 Å². The normalized spacial score (nSPS) is 25.2. The van der Waals surface area contributed by atoms with Gasteiger partial charge < -0.3 is 0 Å². The van der Waals surface area contributed by atoms with E-state index < -0.39 is 0 Å². The fraction of sp³-hybridized carbons (Fsp3) is 1.00. The summed E-state index contributed by atoms with van der Waals surface area (Å²) >= 11 is 0. The Morgan fingerprint density at radius 2 is 1.35 bits per heavy atom. The number of hydrogen-bond donors (Lipinski definition) is 0. The van der Waals surface area contributed by atoms with Crippen LogP contribution in [0.1, 0.15) is 74.1 Å². The Labute approximate surface area is 130 Å². The first-order valence-corrected chi connectivity index (χ1v) is 9.08. The summed E-state index contributed by atoms with van der Waals surface area (Å²) in [5.41, 5.74) is 1.11. The van der Waals surface area contributed by atoms with Crippen LogP contribution in [-0.2, 0) is 0 Å². The predicted octanol–water partition coefficient (Wildman–Crippen LogP) is 5.15. The first-order valence-electron chi connectivity index (χ1n) is 9.08. The maximum Gasteiger partial charge on any atom is 0.0898 e. The highest BCUT2D eigenvalue weighted by atomic mass is 14.5. The van der Waals surface area contributed by atoms with Gasteiger partial charge in [-0.25, -0.2) is 0 Å². The minimum Gasteiger partial charge on any atom is -0.0958 e. The second-order valence-electron chi connectivity index (χ2n) is 9.54. The monoisotopic (exact) mass is 276 g/mol. The largest absolute Gasteiger partial charge is 0.0958 e. The molecule has 0 bridgehead atoms. The molecule has 0 aliphatic heterocycles. The first kappa shape index (κ1) is 18.2. The molecule has 0 radical (unpaired) electrons. The summed E-state index contributed by atoms with van der Waals surface area (Å²) in [6, 6.07) is 0. The van der Waals surface area contributed by atoms with E-state index in [1.807, 2.05) is 0 Å². The van der Waals surface area contributed by atoms with Gasteiger partial charge in [0.15, 0.2) is 0 Å². The molecule has 1 atom stereocenters. The quantitative estimate of drug-likeness (QED) is 0.538. The fourth-order valence-corrected chi connectivity index (χ4v) is 4.77. The molecule has 1 unspecified atom stereocenters. The van der Waals surface area contributed by atoms with Gasteiger partial charge in [-0.2, -0.15) is 0 Å². The van der Waals surface area contributed by atoms with E-state index in [9.17, 15) is 0 Å². The molecule has 1 saturated carbocycles. The second-order valence-corrected chi connectivity index (χ2v) is 9.54. The van der Waals surface area contributed by atoms with Crippen LogP contribution in [0, 0.1) is 28.6 Å². The van der Waals surface area contributed by atoms with Gasteiger partial charge in [-0.05, 0) is 47.8 Å². The minimum absolute atomic E-state index is 0.551. The maximum absolute atomic E-state index is 2.52. The molecule has 116 valence electrons. The zero-order valence-corrected chi connectivity index (χ0v) is 15.6. The van der Waals surface area contributed by atoms with E-state index in [0.29, 0.717) is 10.8 Å². The van der Waals surface area contributed by atoms with Crippen LogP contribution < -0.4 is 0 Å². The molecule has 0 nitrogen and oxygen atoms in total. The van der Waals surface area contributed by atoms with E-state index in [1.165, 1.54) is 40.0 Å². The zero-order valence-electron chi connectivity index (χ0n) is 15.6. The molecule has 0 saturated heterocycles. The summed E-state index contributed by atoms with van der Waals surface area (Å²) in [5, 5.41) is 0. The molecule has 1 fully saturated rings.